The number of ether oxygens (including phenoxy) is 1. The van der Waals surface area contributed by atoms with Gasteiger partial charge < -0.3 is 15.4 Å². The van der Waals surface area contributed by atoms with Gasteiger partial charge >= 0.3 is 6.18 Å². The molecule has 5 rings (SSSR count). The van der Waals surface area contributed by atoms with Crippen LogP contribution in [0.15, 0.2) is 30.5 Å². The van der Waals surface area contributed by atoms with Crippen molar-refractivity contribution in [1.29, 1.82) is 0 Å². The minimum Gasteiger partial charge on any atom is -0.495 e. The number of nitrogens with one attached hydrogen (secondary N) is 2. The Bertz CT molecular complexity index is 1090. The van der Waals surface area contributed by atoms with Gasteiger partial charge in [0.25, 0.3) is 0 Å². The lowest BCUT2D eigenvalue weighted by Crippen LogP contribution is -2.30. The smallest absolute Gasteiger partial charge is 0.400 e. The lowest BCUT2D eigenvalue weighted by Gasteiger charge is -2.21. The van der Waals surface area contributed by atoms with Crippen molar-refractivity contribution in [1.82, 2.24) is 24.9 Å². The first-order valence-corrected chi connectivity index (χ1v) is 9.86. The molecule has 1 atom stereocenters. The van der Waals surface area contributed by atoms with Crippen LogP contribution in [0.3, 0.4) is 0 Å². The van der Waals surface area contributed by atoms with E-state index in [4.69, 9.17) is 4.74 Å². The lowest BCUT2D eigenvalue weighted by molar-refractivity contribution is -0.162. The Labute approximate surface area is 170 Å². The van der Waals surface area contributed by atoms with Gasteiger partial charge in [-0.25, -0.2) is 14.5 Å². The molecule has 10 heteroatoms. The molecule has 4 heterocycles. The van der Waals surface area contributed by atoms with E-state index in [0.29, 0.717) is 28.9 Å². The van der Waals surface area contributed by atoms with Crippen LogP contribution < -0.4 is 15.4 Å². The maximum atomic E-state index is 13.7. The molecule has 158 valence electrons. The van der Waals surface area contributed by atoms with E-state index in [1.54, 1.807) is 12.3 Å². The zero-order chi connectivity index (χ0) is 20.9. The molecule has 3 aromatic heterocycles. The molecule has 1 unspecified atom stereocenters. The van der Waals surface area contributed by atoms with Crippen molar-refractivity contribution in [2.24, 2.45) is 0 Å². The maximum absolute atomic E-state index is 13.7. The third kappa shape index (κ3) is 3.06. The molecule has 7 nitrogen and oxygen atoms in total. The SMILES string of the molecule is COc1cc2ncc(-c3cccc(NC4CCNC4)n3)n2nc1C1(C(F)(F)F)CC1. The van der Waals surface area contributed by atoms with Gasteiger partial charge in [0.2, 0.25) is 0 Å². The molecule has 0 aromatic carbocycles. The number of anilines is 1. The van der Waals surface area contributed by atoms with E-state index >= 15 is 0 Å². The van der Waals surface area contributed by atoms with Gasteiger partial charge in [0.15, 0.2) is 5.65 Å². The predicted octanol–water partition coefficient (Wildman–Crippen LogP) is 3.17. The topological polar surface area (TPSA) is 76.4 Å². The number of hydrogen-bond acceptors (Lipinski definition) is 6. The van der Waals surface area contributed by atoms with Crippen molar-refractivity contribution in [3.63, 3.8) is 0 Å². The Kier molecular flexibility index (Phi) is 4.35. The predicted molar refractivity (Wildman–Crippen MR) is 105 cm³/mol. The second kappa shape index (κ2) is 6.83. The van der Waals surface area contributed by atoms with Gasteiger partial charge in [-0.05, 0) is 37.9 Å². The van der Waals surface area contributed by atoms with Gasteiger partial charge in [0, 0.05) is 18.7 Å². The number of rotatable bonds is 5. The first-order chi connectivity index (χ1) is 14.4. The highest BCUT2D eigenvalue weighted by molar-refractivity contribution is 5.63. The summed E-state index contributed by atoms with van der Waals surface area (Å²) in [5.74, 6) is 0.811. The molecular formula is C20H21F3N6O. The number of hydrogen-bond donors (Lipinski definition) is 2. The van der Waals surface area contributed by atoms with Crippen molar-refractivity contribution >= 4 is 11.5 Å². The van der Waals surface area contributed by atoms with Crippen LogP contribution in [0.4, 0.5) is 19.0 Å². The Morgan fingerprint density at radius 1 is 1.30 bits per heavy atom. The summed E-state index contributed by atoms with van der Waals surface area (Å²) in [6.07, 6.45) is -1.81. The molecule has 1 saturated carbocycles. The summed E-state index contributed by atoms with van der Waals surface area (Å²) in [4.78, 5) is 8.95. The maximum Gasteiger partial charge on any atom is 0.400 e. The normalized spacial score (nSPS) is 20.5. The van der Waals surface area contributed by atoms with Crippen LogP contribution in [0.25, 0.3) is 17.0 Å². The van der Waals surface area contributed by atoms with Gasteiger partial charge in [-0.3, -0.25) is 0 Å². The number of aromatic nitrogens is 4. The van der Waals surface area contributed by atoms with Gasteiger partial charge in [-0.2, -0.15) is 18.3 Å². The number of imidazole rings is 1. The van der Waals surface area contributed by atoms with Crippen LogP contribution in [0.2, 0.25) is 0 Å². The van der Waals surface area contributed by atoms with E-state index in [-0.39, 0.29) is 24.3 Å². The average Bonchev–Trinajstić information content (AvgIpc) is 3.21. The quantitative estimate of drug-likeness (QED) is 0.663. The average molecular weight is 418 g/mol. The standard InChI is InChI=1S/C20H21F3N6O/c1-30-15-9-17-25-11-14(29(17)28-18(15)19(6-7-19)20(21,22)23)13-3-2-4-16(27-13)26-12-5-8-24-10-12/h2-4,9,11-12,24H,5-8,10H2,1H3,(H,26,27). The summed E-state index contributed by atoms with van der Waals surface area (Å²) in [7, 11) is 1.35. The zero-order valence-corrected chi connectivity index (χ0v) is 16.3. The molecule has 1 aliphatic carbocycles. The van der Waals surface area contributed by atoms with E-state index in [2.05, 4.69) is 25.7 Å². The molecule has 2 aliphatic rings. The van der Waals surface area contributed by atoms with E-state index in [1.165, 1.54) is 17.7 Å². The fourth-order valence-electron chi connectivity index (χ4n) is 3.98. The number of fused-ring (bicyclic) bond motifs is 1. The summed E-state index contributed by atoms with van der Waals surface area (Å²) < 4.78 is 47.9. The summed E-state index contributed by atoms with van der Waals surface area (Å²) in [5, 5.41) is 11.0. The molecule has 30 heavy (non-hydrogen) atoms. The van der Waals surface area contributed by atoms with E-state index in [0.717, 1.165) is 19.5 Å². The highest BCUT2D eigenvalue weighted by Gasteiger charge is 2.66. The number of nitrogens with zero attached hydrogens (tertiary/aromatic N) is 4. The second-order valence-corrected chi connectivity index (χ2v) is 7.80. The van der Waals surface area contributed by atoms with Crippen molar-refractivity contribution in [2.75, 3.05) is 25.5 Å². The van der Waals surface area contributed by atoms with Gasteiger partial charge in [0.05, 0.1) is 19.0 Å². The van der Waals surface area contributed by atoms with Crippen molar-refractivity contribution in [3.8, 4) is 17.1 Å². The highest BCUT2D eigenvalue weighted by Crippen LogP contribution is 2.60. The first-order valence-electron chi connectivity index (χ1n) is 9.86. The Morgan fingerprint density at radius 2 is 2.13 bits per heavy atom. The van der Waals surface area contributed by atoms with Crippen molar-refractivity contribution in [3.05, 3.63) is 36.2 Å². The minimum absolute atomic E-state index is 0.00246. The van der Waals surface area contributed by atoms with Crippen molar-refractivity contribution < 1.29 is 17.9 Å². The van der Waals surface area contributed by atoms with E-state index in [1.807, 2.05) is 12.1 Å². The highest BCUT2D eigenvalue weighted by atomic mass is 19.4. The largest absolute Gasteiger partial charge is 0.495 e. The Morgan fingerprint density at radius 3 is 2.80 bits per heavy atom. The van der Waals surface area contributed by atoms with Gasteiger partial charge in [0.1, 0.15) is 28.4 Å². The van der Waals surface area contributed by atoms with Crippen LogP contribution in [0.1, 0.15) is 25.0 Å². The molecule has 3 aromatic rings. The molecule has 0 bridgehead atoms. The lowest BCUT2D eigenvalue weighted by atomic mass is 10.0. The zero-order valence-electron chi connectivity index (χ0n) is 16.3. The fraction of sp³-hybridized carbons (Fsp3) is 0.450. The van der Waals surface area contributed by atoms with Gasteiger partial charge in [-0.15, -0.1) is 0 Å². The number of alkyl halides is 3. The monoisotopic (exact) mass is 418 g/mol. The molecule has 2 fully saturated rings. The third-order valence-electron chi connectivity index (χ3n) is 5.85. The van der Waals surface area contributed by atoms with Crippen LogP contribution in [0.5, 0.6) is 5.75 Å². The first kappa shape index (κ1) is 19.1. The fourth-order valence-corrected chi connectivity index (χ4v) is 3.98. The molecule has 0 spiro atoms. The molecular weight excluding hydrogens is 397 g/mol. The number of pyridine rings is 1. The number of methoxy groups -OCH3 is 1. The molecule has 2 N–H and O–H groups in total. The Hall–Kier alpha value is -2.88. The molecule has 1 saturated heterocycles. The Balaban J connectivity index is 1.57. The summed E-state index contributed by atoms with van der Waals surface area (Å²) in [6.45, 7) is 1.83. The molecule has 0 amide bonds. The van der Waals surface area contributed by atoms with E-state index in [9.17, 15) is 13.2 Å². The van der Waals surface area contributed by atoms with E-state index < -0.39 is 11.6 Å². The second-order valence-electron chi connectivity index (χ2n) is 7.80. The van der Waals surface area contributed by atoms with Crippen LogP contribution in [0, 0.1) is 0 Å². The van der Waals surface area contributed by atoms with Crippen LogP contribution in [-0.4, -0.2) is 52.0 Å². The van der Waals surface area contributed by atoms with Crippen LogP contribution in [-0.2, 0) is 5.41 Å². The summed E-state index contributed by atoms with van der Waals surface area (Å²) >= 11 is 0. The minimum atomic E-state index is -4.39. The molecule has 0 radical (unpaired) electrons. The third-order valence-corrected chi connectivity index (χ3v) is 5.85. The summed E-state index contributed by atoms with van der Waals surface area (Å²) in [5.41, 5.74) is -0.543. The van der Waals surface area contributed by atoms with Crippen LogP contribution >= 0.6 is 0 Å². The van der Waals surface area contributed by atoms with Gasteiger partial charge in [-0.1, -0.05) is 6.07 Å². The molecule has 1 aliphatic heterocycles. The van der Waals surface area contributed by atoms with Crippen molar-refractivity contribution in [2.45, 2.75) is 36.9 Å². The number of halogens is 3. The summed E-state index contributed by atoms with van der Waals surface area (Å²) in [6, 6.07) is 7.32.